The standard InChI is InChI=1S/C86H48N10O2S2/c1-5-20-50(21-6-1)79-87-72-62-30-13-15-36-69(62)99-77(72)74(89-79)64-33-19-35-66-71(64)61-45-43-58(48-68(61)97-66)86-94-82(53-26-11-4-12-27-53)92-84(96-86)56-29-17-28-55(46-56)49-38-40-54(41-39-49)83-91-81(52-24-9-3-10-25-52)93-85(95-83)57-42-44-59-60-32-18-34-65(76(60)98-67(59)47-57)75-78-73(63-31-14-16-37-70(63)100-78)88-80(90-75)51-22-7-2-8-23-51/h1-48H. The molecule has 20 rings (SSSR count). The molecule has 0 aliphatic rings. The summed E-state index contributed by atoms with van der Waals surface area (Å²) in [6.45, 7) is 0. The lowest BCUT2D eigenvalue weighted by molar-refractivity contribution is 0.669. The van der Waals surface area contributed by atoms with Crippen LogP contribution in [0.4, 0.5) is 0 Å². The van der Waals surface area contributed by atoms with Gasteiger partial charge in [-0.15, -0.1) is 22.7 Å². The second kappa shape index (κ2) is 23.3. The van der Waals surface area contributed by atoms with Gasteiger partial charge in [-0.1, -0.05) is 237 Å². The van der Waals surface area contributed by atoms with E-state index in [1.165, 1.54) is 0 Å². The van der Waals surface area contributed by atoms with Gasteiger partial charge in [-0.3, -0.25) is 0 Å². The smallest absolute Gasteiger partial charge is 0.164 e. The van der Waals surface area contributed by atoms with Crippen molar-refractivity contribution in [2.45, 2.75) is 0 Å². The minimum atomic E-state index is 0.514. The molecular formula is C86H48N10O2S2. The molecule has 8 heterocycles. The van der Waals surface area contributed by atoms with Crippen LogP contribution in [0.3, 0.4) is 0 Å². The van der Waals surface area contributed by atoms with E-state index >= 15 is 0 Å². The first-order chi connectivity index (χ1) is 49.5. The lowest BCUT2D eigenvalue weighted by Crippen LogP contribution is -2.00. The molecule has 0 N–H and O–H groups in total. The summed E-state index contributed by atoms with van der Waals surface area (Å²) in [7, 11) is 0. The first-order valence-corrected chi connectivity index (χ1v) is 34.4. The molecule has 0 bridgehead atoms. The zero-order valence-corrected chi connectivity index (χ0v) is 54.5. The van der Waals surface area contributed by atoms with Crippen molar-refractivity contribution >= 4 is 107 Å². The first-order valence-electron chi connectivity index (χ1n) is 32.8. The Hall–Kier alpha value is -13.1. The minimum absolute atomic E-state index is 0.514. The molecule has 0 spiro atoms. The number of nitrogens with zero attached hydrogens (tertiary/aromatic N) is 10. The quantitative estimate of drug-likeness (QED) is 0.121. The lowest BCUT2D eigenvalue weighted by atomic mass is 10.0. The molecule has 0 atom stereocenters. The van der Waals surface area contributed by atoms with E-state index in [1.807, 2.05) is 133 Å². The van der Waals surface area contributed by atoms with Gasteiger partial charge < -0.3 is 8.83 Å². The summed E-state index contributed by atoms with van der Waals surface area (Å²) in [5.74, 6) is 4.53. The Morgan fingerprint density at radius 3 is 1.13 bits per heavy atom. The van der Waals surface area contributed by atoms with Gasteiger partial charge in [-0.05, 0) is 65.7 Å². The average molecular weight is 1320 g/mol. The molecule has 0 fully saturated rings. The summed E-state index contributed by atoms with van der Waals surface area (Å²) in [6, 6.07) is 98.8. The van der Waals surface area contributed by atoms with Crippen molar-refractivity contribution in [3.05, 3.63) is 291 Å². The molecule has 0 aliphatic heterocycles. The molecule has 0 radical (unpaired) electrons. The van der Waals surface area contributed by atoms with Gasteiger partial charge in [0.25, 0.3) is 0 Å². The van der Waals surface area contributed by atoms with Crippen LogP contribution >= 0.6 is 22.7 Å². The van der Waals surface area contributed by atoms with Crippen molar-refractivity contribution in [2.75, 3.05) is 0 Å². The van der Waals surface area contributed by atoms with Crippen molar-refractivity contribution in [3.63, 3.8) is 0 Å². The Kier molecular flexibility index (Phi) is 13.3. The third kappa shape index (κ3) is 9.79. The van der Waals surface area contributed by atoms with E-state index in [0.717, 1.165) is 151 Å². The van der Waals surface area contributed by atoms with Gasteiger partial charge in [-0.2, -0.15) is 0 Å². The van der Waals surface area contributed by atoms with Gasteiger partial charge in [0.1, 0.15) is 22.3 Å². The van der Waals surface area contributed by atoms with Gasteiger partial charge in [0, 0.05) is 97.4 Å². The van der Waals surface area contributed by atoms with E-state index in [4.69, 9.17) is 58.7 Å². The van der Waals surface area contributed by atoms with Crippen molar-refractivity contribution < 1.29 is 8.83 Å². The molecule has 12 nitrogen and oxygen atoms in total. The number of benzene rings is 12. The molecule has 466 valence electrons. The van der Waals surface area contributed by atoms with Crippen molar-refractivity contribution in [2.24, 2.45) is 0 Å². The number of rotatable bonds is 11. The molecule has 0 saturated heterocycles. The van der Waals surface area contributed by atoms with E-state index in [2.05, 4.69) is 158 Å². The predicted octanol–water partition coefficient (Wildman–Crippen LogP) is 22.5. The van der Waals surface area contributed by atoms with Gasteiger partial charge in [0.15, 0.2) is 46.6 Å². The Labute approximate surface area is 578 Å². The topological polar surface area (TPSA) is 155 Å². The Balaban J connectivity index is 0.643. The highest BCUT2D eigenvalue weighted by Gasteiger charge is 2.25. The van der Waals surface area contributed by atoms with Crippen molar-refractivity contribution in [1.82, 2.24) is 49.8 Å². The highest BCUT2D eigenvalue weighted by Crippen LogP contribution is 2.47. The van der Waals surface area contributed by atoms with Crippen LogP contribution in [0.1, 0.15) is 0 Å². The second-order valence-corrected chi connectivity index (χ2v) is 26.7. The molecule has 0 unspecified atom stereocenters. The maximum atomic E-state index is 6.96. The number of furan rings is 2. The van der Waals surface area contributed by atoms with Gasteiger partial charge in [0.2, 0.25) is 0 Å². The van der Waals surface area contributed by atoms with Crippen LogP contribution in [-0.4, -0.2) is 49.8 Å². The fourth-order valence-corrected chi connectivity index (χ4v) is 15.9. The van der Waals surface area contributed by atoms with Crippen LogP contribution in [0.25, 0.3) is 209 Å². The number of para-hydroxylation sites is 1. The molecule has 8 aromatic heterocycles. The highest BCUT2D eigenvalue weighted by atomic mass is 32.1. The fourth-order valence-electron chi connectivity index (χ4n) is 13.6. The monoisotopic (exact) mass is 1320 g/mol. The van der Waals surface area contributed by atoms with E-state index in [1.54, 1.807) is 22.7 Å². The molecule has 0 amide bonds. The summed E-state index contributed by atoms with van der Waals surface area (Å²) in [6.07, 6.45) is 0. The molecule has 0 saturated carbocycles. The maximum absolute atomic E-state index is 6.96. The first kappa shape index (κ1) is 57.1. The minimum Gasteiger partial charge on any atom is -0.456 e. The van der Waals surface area contributed by atoms with Crippen LogP contribution in [-0.2, 0) is 0 Å². The Morgan fingerprint density at radius 1 is 0.220 bits per heavy atom. The molecule has 20 aromatic rings. The van der Waals surface area contributed by atoms with Crippen molar-refractivity contribution in [1.29, 1.82) is 0 Å². The van der Waals surface area contributed by atoms with E-state index in [-0.39, 0.29) is 0 Å². The van der Waals surface area contributed by atoms with E-state index in [9.17, 15) is 0 Å². The lowest BCUT2D eigenvalue weighted by Gasteiger charge is -2.11. The van der Waals surface area contributed by atoms with Crippen LogP contribution in [0.5, 0.6) is 0 Å². The van der Waals surface area contributed by atoms with Crippen LogP contribution in [0, 0.1) is 0 Å². The van der Waals surface area contributed by atoms with E-state index in [0.29, 0.717) is 57.8 Å². The number of aromatic nitrogens is 10. The van der Waals surface area contributed by atoms with Crippen molar-refractivity contribution in [3.8, 4) is 125 Å². The highest BCUT2D eigenvalue weighted by molar-refractivity contribution is 7.26. The van der Waals surface area contributed by atoms with Crippen LogP contribution < -0.4 is 0 Å². The van der Waals surface area contributed by atoms with E-state index < -0.39 is 0 Å². The SMILES string of the molecule is c1ccc(-c2nc(-c3ccc(-c4cccc(-c5nc(-c6ccccc6)nc(-c6ccc7c(c6)oc6cccc(-c8nc(-c9ccccc9)nc9c8sc8ccccc89)c67)n5)c4)cc3)nc(-c3ccc4c(c3)oc3c(-c5nc(-c6ccccc6)nc6c5sc5ccccc56)cccc34)n2)cc1. The Morgan fingerprint density at radius 2 is 0.590 bits per heavy atom. The molecule has 100 heavy (non-hydrogen) atoms. The van der Waals surface area contributed by atoms with Crippen LogP contribution in [0.2, 0.25) is 0 Å². The zero-order chi connectivity index (χ0) is 65.8. The Bertz CT molecular complexity index is 6660. The molecule has 12 aromatic carbocycles. The maximum Gasteiger partial charge on any atom is 0.164 e. The summed E-state index contributed by atoms with van der Waals surface area (Å²) in [5.41, 5.74) is 17.1. The summed E-state index contributed by atoms with van der Waals surface area (Å²) >= 11 is 3.41. The van der Waals surface area contributed by atoms with Gasteiger partial charge in [0.05, 0.1) is 31.8 Å². The average Bonchev–Trinajstić information content (AvgIpc) is 1.57. The predicted molar refractivity (Wildman–Crippen MR) is 405 cm³/mol. The summed E-state index contributed by atoms with van der Waals surface area (Å²) in [5, 5.41) is 6.08. The number of fused-ring (bicyclic) bond motifs is 12. The summed E-state index contributed by atoms with van der Waals surface area (Å²) < 4.78 is 18.1. The molecular weight excluding hydrogens is 1270 g/mol. The fraction of sp³-hybridized carbons (Fsp3) is 0. The number of hydrogen-bond acceptors (Lipinski definition) is 14. The second-order valence-electron chi connectivity index (χ2n) is 24.6. The van der Waals surface area contributed by atoms with Crippen LogP contribution in [0.15, 0.2) is 300 Å². The van der Waals surface area contributed by atoms with Gasteiger partial charge in [-0.25, -0.2) is 49.8 Å². The normalized spacial score (nSPS) is 11.8. The molecule has 0 aliphatic carbocycles. The number of hydrogen-bond donors (Lipinski definition) is 0. The summed E-state index contributed by atoms with van der Waals surface area (Å²) in [4.78, 5) is 52.0. The zero-order valence-electron chi connectivity index (χ0n) is 52.8. The van der Waals surface area contributed by atoms with Gasteiger partial charge >= 0.3 is 0 Å². The molecule has 14 heteroatoms. The third-order valence-electron chi connectivity index (χ3n) is 18.5. The largest absolute Gasteiger partial charge is 0.456 e. The number of thiophene rings is 2. The third-order valence-corrected chi connectivity index (χ3v) is 20.8.